The number of halogens is 3. The third-order valence-electron chi connectivity index (χ3n) is 19.6. The third-order valence-corrected chi connectivity index (χ3v) is 20.4. The Bertz CT molecular complexity index is 4190. The molecule has 8 aliphatic rings. The van der Waals surface area contributed by atoms with Crippen molar-refractivity contribution in [3.8, 4) is 5.75 Å². The fourth-order valence-electron chi connectivity index (χ4n) is 15.3. The minimum Gasteiger partial charge on any atom is -0.507 e. The molecule has 18 nitrogen and oxygen atoms in total. The van der Waals surface area contributed by atoms with Crippen molar-refractivity contribution < 1.29 is 45.2 Å². The van der Waals surface area contributed by atoms with Gasteiger partial charge < -0.3 is 20.9 Å². The second kappa shape index (κ2) is 49.5. The van der Waals surface area contributed by atoms with Crippen LogP contribution in [0.1, 0.15) is 363 Å². The van der Waals surface area contributed by atoms with E-state index in [0.717, 1.165) is 157 Å². The number of nitrogens with one attached hydrogen (secondary N) is 1. The van der Waals surface area contributed by atoms with Crippen molar-refractivity contribution in [3.63, 3.8) is 0 Å². The van der Waals surface area contributed by atoms with Crippen LogP contribution in [-0.2, 0) is 59.3 Å². The largest absolute Gasteiger partial charge is 0.507 e. The number of aromatic amines is 1. The molecule has 3 unspecified atom stereocenters. The number of fused-ring (bicyclic) bond motifs is 7. The van der Waals surface area contributed by atoms with Gasteiger partial charge in [-0.05, 0) is 286 Å². The molecule has 0 spiro atoms. The van der Waals surface area contributed by atoms with Crippen LogP contribution in [-0.4, -0.2) is 85.6 Å². The number of nitrogens with zero attached hydrogens (tertiary/aromatic N) is 6. The first-order valence-electron chi connectivity index (χ1n) is 37.3. The quantitative estimate of drug-likeness (QED) is 0.0923. The summed E-state index contributed by atoms with van der Waals surface area (Å²) in [5, 5.41) is 20.5. The van der Waals surface area contributed by atoms with Gasteiger partial charge in [0.15, 0.2) is 28.9 Å². The number of ketones is 7. The van der Waals surface area contributed by atoms with E-state index in [0.29, 0.717) is 76.1 Å². The van der Waals surface area contributed by atoms with Gasteiger partial charge in [0, 0.05) is 108 Å². The fourth-order valence-corrected chi connectivity index (χ4v) is 16.2. The van der Waals surface area contributed by atoms with Crippen LogP contribution in [0.25, 0.3) is 0 Å². The highest BCUT2D eigenvalue weighted by molar-refractivity contribution is 6.36. The average molecular weight is 1620 g/mol. The van der Waals surface area contributed by atoms with Crippen LogP contribution in [0.4, 0.5) is 0 Å². The van der Waals surface area contributed by atoms with Crippen LogP contribution in [0.5, 0.6) is 5.75 Å². The van der Waals surface area contributed by atoms with Crippen LogP contribution in [0, 0.1) is 62.3 Å². The van der Waals surface area contributed by atoms with Gasteiger partial charge in [-0.15, -0.1) is 0 Å². The molecule has 0 saturated heterocycles. The first kappa shape index (κ1) is 105. The van der Waals surface area contributed by atoms with E-state index in [1.54, 1.807) is 6.07 Å². The maximum Gasteiger partial charge on any atom is 0.251 e. The highest BCUT2D eigenvalue weighted by atomic mass is 35.5. The lowest BCUT2D eigenvalue weighted by atomic mass is 9.84. The lowest BCUT2D eigenvalue weighted by Crippen LogP contribution is -2.18. The average Bonchev–Trinajstić information content (AvgIpc) is 0.857. The molecule has 0 aromatic carbocycles. The molecule has 0 aliphatic heterocycles. The van der Waals surface area contributed by atoms with Crippen molar-refractivity contribution in [1.82, 2.24) is 34.9 Å². The van der Waals surface area contributed by atoms with E-state index in [-0.39, 0.29) is 118 Å². The number of aryl methyl sites for hydroxylation is 16. The maximum absolute atomic E-state index is 11.6. The summed E-state index contributed by atoms with van der Waals surface area (Å²) in [4.78, 5) is 116. The zero-order chi connectivity index (χ0) is 77.8. The van der Waals surface area contributed by atoms with Crippen LogP contribution < -0.4 is 11.3 Å². The number of Topliss-reactive ketones (excluding diaryl/α,β-unsaturated/α-hetero) is 6. The number of nitrogens with two attached hydrogens (primary N) is 1. The number of aliphatic hydroxyl groups is 1. The summed E-state index contributed by atoms with van der Waals surface area (Å²) in [7, 11) is 0. The summed E-state index contributed by atoms with van der Waals surface area (Å²) in [5.74, 6) is 1.70. The zero-order valence-corrected chi connectivity index (χ0v) is 66.4. The van der Waals surface area contributed by atoms with Crippen molar-refractivity contribution in [3.05, 3.63) is 209 Å². The Kier molecular flexibility index (Phi) is 45.8. The molecule has 624 valence electrons. The highest BCUT2D eigenvalue weighted by Gasteiger charge is 2.27. The first-order chi connectivity index (χ1) is 50.2. The van der Waals surface area contributed by atoms with Crippen LogP contribution in [0.15, 0.2) is 59.0 Å². The van der Waals surface area contributed by atoms with Crippen molar-refractivity contribution >= 4 is 75.3 Å². The molecular weight excluding hydrogens is 1480 g/mol. The van der Waals surface area contributed by atoms with Crippen molar-refractivity contribution in [1.29, 1.82) is 0 Å². The van der Waals surface area contributed by atoms with E-state index in [1.165, 1.54) is 115 Å². The molecule has 7 aromatic heterocycles. The van der Waals surface area contributed by atoms with Crippen LogP contribution in [0.3, 0.4) is 0 Å². The Labute approximate surface area is 692 Å². The molecule has 0 bridgehead atoms. The van der Waals surface area contributed by atoms with E-state index in [1.807, 2.05) is 39.8 Å². The number of carbonyl (C=O) groups excluding carboxylic acids is 7. The van der Waals surface area contributed by atoms with Crippen LogP contribution >= 0.6 is 34.8 Å². The highest BCUT2D eigenvalue weighted by Crippen LogP contribution is 2.36. The van der Waals surface area contributed by atoms with E-state index >= 15 is 0 Å². The zero-order valence-electron chi connectivity index (χ0n) is 64.1. The Morgan fingerprint density at radius 3 is 1.19 bits per heavy atom. The predicted molar refractivity (Wildman–Crippen MR) is 468 cm³/mol. The van der Waals surface area contributed by atoms with Crippen molar-refractivity contribution in [2.45, 2.75) is 320 Å². The molecule has 0 saturated carbocycles. The number of carbonyl (C=O) groups is 7. The van der Waals surface area contributed by atoms with Gasteiger partial charge in [-0.25, -0.2) is 4.98 Å². The number of allylic oxidation sites excluding steroid dienone is 2. The van der Waals surface area contributed by atoms with Gasteiger partial charge in [-0.3, -0.25) is 63.3 Å². The summed E-state index contributed by atoms with van der Waals surface area (Å²) < 4.78 is 0. The molecule has 7 aromatic rings. The molecule has 21 heteroatoms. The number of aliphatic hydroxyl groups excluding tert-OH is 1. The van der Waals surface area contributed by atoms with E-state index in [4.69, 9.17) is 40.5 Å². The van der Waals surface area contributed by atoms with Gasteiger partial charge in [0.25, 0.3) is 5.56 Å². The second-order valence-corrected chi connectivity index (χ2v) is 30.3. The standard InChI is InChI=1S/2C12H17N.C11H15NO.C11H13NO.C10H10ClNO.C9H7Cl2NO.C9H9NO3.C6H9NO.C5H8O2.7CH4.H2/c2*1-8-5-4-6-11-12(8)9(2)7-10(3)13-11;2*1-7-6-8(2)12-9-4-3-5-10(13)11(7)9;1-6-5-7(11)10-8(12-6)3-2-4-9(10)13;10-5-4-8(11)12-6-2-1-3-7(13)9(5)6;11-6-3-1-2-5-9(6)7(12)4-8(13)10-5;7-5-2-1-3-6(8)4-5;1-4(6)3-5(2)7;;;;;;;;/h2*7-8H,4-6H2,1-3H3;6,10,13H,3-5H2,1-2H3;6H,3-5H2,1-2H3;5H,2-4H2,1H3;4H,1-3H2;4H,1-3H2,(H2,10,12,13);4H,1-3,7H2;3H2,1-2H3;7*1H4;1H/i;;;;;;;;;;;;;;;;1+2. The molecule has 0 amide bonds. The number of rotatable bonds is 2. The summed E-state index contributed by atoms with van der Waals surface area (Å²) >= 11 is 17.6. The molecule has 0 radical (unpaired) electrons. The Morgan fingerprint density at radius 1 is 0.425 bits per heavy atom. The summed E-state index contributed by atoms with van der Waals surface area (Å²) in [6, 6.07) is 12.8. The van der Waals surface area contributed by atoms with Gasteiger partial charge in [-0.1, -0.05) is 101 Å². The van der Waals surface area contributed by atoms with Crippen LogP contribution in [0.2, 0.25) is 15.2 Å². The number of aromatic nitrogens is 7. The SMILES string of the molecule is C.C.C.C.C.C.C.CC(=O)CC(C)=O.Cc1cc(C)c2c(n1)CCCC2=O.Cc1cc(C)c2c(n1)CCCC2C.Cc1cc(C)c2c(n1)CCCC2C.Cc1cc(C)c2c(n1)CCCC2O.Cc1cc(Cl)c2c(n1)CCCC2=O.NC1=CC(=O)CCC1.O=C1CCCc2[nH]c(=O)cc(O)c21.O=C1CCCc2nc(Cl)cc(Cl)c21.[3HH]. The van der Waals surface area contributed by atoms with E-state index < -0.39 is 0 Å². The lowest BCUT2D eigenvalue weighted by Gasteiger charge is -2.23. The molecule has 3 atom stereocenters. The summed E-state index contributed by atoms with van der Waals surface area (Å²) in [6.07, 6.45) is 23.5. The van der Waals surface area contributed by atoms with Crippen molar-refractivity contribution in [2.24, 2.45) is 5.73 Å². The van der Waals surface area contributed by atoms with Gasteiger partial charge in [0.1, 0.15) is 22.5 Å². The molecule has 15 rings (SSSR count). The molecule has 5 N–H and O–H groups in total. The molecule has 7 heterocycles. The first-order valence-corrected chi connectivity index (χ1v) is 38.5. The second-order valence-electron chi connectivity index (χ2n) is 29.1. The Morgan fingerprint density at radius 2 is 0.770 bits per heavy atom. The Balaban J connectivity index is 0. The Hall–Kier alpha value is -8.29. The number of aromatic hydroxyl groups is 1. The minimum atomic E-state index is -0.356. The molecule has 113 heavy (non-hydrogen) atoms. The summed E-state index contributed by atoms with van der Waals surface area (Å²) in [6.45, 7) is 26.0. The fraction of sp³-hybridized carbons (Fsp3) is 0.522. The third kappa shape index (κ3) is 30.4. The topological polar surface area (TPSA) is 296 Å². The van der Waals surface area contributed by atoms with E-state index in [2.05, 4.69) is 95.5 Å². The van der Waals surface area contributed by atoms with Gasteiger partial charge in [0.2, 0.25) is 0 Å². The number of pyridine rings is 7. The molecule has 0 fully saturated rings. The van der Waals surface area contributed by atoms with Crippen molar-refractivity contribution in [2.75, 3.05) is 0 Å². The molecule has 8 aliphatic carbocycles. The number of H-pyrrole nitrogens is 1. The minimum absolute atomic E-state index is 0. The van der Waals surface area contributed by atoms with Gasteiger partial charge >= 0.3 is 0 Å². The monoisotopic (exact) mass is 1620 g/mol. The van der Waals surface area contributed by atoms with Gasteiger partial charge in [-0.2, -0.15) is 0 Å². The normalized spacial score (nSPS) is 16.5. The number of hydrogen-bond acceptors (Lipinski definition) is 17. The smallest absolute Gasteiger partial charge is 0.251 e. The molecular formula is C92H135Cl3N8O10. The number of hydrogen-bond donors (Lipinski definition) is 4. The lowest BCUT2D eigenvalue weighted by molar-refractivity contribution is -0.124. The summed E-state index contributed by atoms with van der Waals surface area (Å²) in [5.41, 5.74) is 29.8. The maximum atomic E-state index is 11.6. The van der Waals surface area contributed by atoms with E-state index in [9.17, 15) is 48.6 Å². The predicted octanol–water partition coefficient (Wildman–Crippen LogP) is 22.5. The van der Waals surface area contributed by atoms with Gasteiger partial charge in [0.05, 0.1) is 56.3 Å².